The smallest absolute Gasteiger partial charge is 0.420 e. The first-order valence-corrected chi connectivity index (χ1v) is 10.4. The number of methoxy groups -OCH3 is 2. The Kier molecular flexibility index (Phi) is 6.42. The molecule has 1 N–H and O–H groups in total. The Labute approximate surface area is 198 Å². The molecule has 0 spiro atoms. The maximum Gasteiger partial charge on any atom is 0.420 e. The maximum atomic E-state index is 14.0. The molecular weight excluding hydrogens is 461 g/mol. The van der Waals surface area contributed by atoms with E-state index in [2.05, 4.69) is 9.98 Å². The van der Waals surface area contributed by atoms with Crippen molar-refractivity contribution in [1.82, 2.24) is 4.98 Å². The Morgan fingerprint density at radius 2 is 1.34 bits per heavy atom. The second kappa shape index (κ2) is 9.46. The van der Waals surface area contributed by atoms with Crippen LogP contribution in [0.25, 0.3) is 5.57 Å². The molecule has 0 amide bonds. The molecule has 3 aromatic rings. The summed E-state index contributed by atoms with van der Waals surface area (Å²) in [6.07, 6.45) is -1.22. The second-order valence-corrected chi connectivity index (χ2v) is 7.51. The van der Waals surface area contributed by atoms with E-state index in [1.807, 2.05) is 0 Å². The fourth-order valence-corrected chi connectivity index (χ4v) is 3.53. The van der Waals surface area contributed by atoms with E-state index in [1.54, 1.807) is 24.3 Å². The number of carbonyl (C=O) groups is 2. The quantitative estimate of drug-likeness (QED) is 0.458. The molecule has 9 heteroatoms. The summed E-state index contributed by atoms with van der Waals surface area (Å²) in [5.41, 5.74) is -1.38. The summed E-state index contributed by atoms with van der Waals surface area (Å²) in [5, 5.41) is 0. The number of hydrogen-bond donors (Lipinski definition) is 1. The third kappa shape index (κ3) is 4.93. The Morgan fingerprint density at radius 1 is 0.800 bits per heavy atom. The molecule has 1 aromatic heterocycles. The van der Waals surface area contributed by atoms with Crippen LogP contribution in [-0.2, 0) is 0 Å². The molecule has 1 aliphatic rings. The van der Waals surface area contributed by atoms with E-state index >= 15 is 0 Å². The highest BCUT2D eigenvalue weighted by molar-refractivity contribution is 6.50. The summed E-state index contributed by atoms with van der Waals surface area (Å²) in [4.78, 5) is 31.9. The maximum absolute atomic E-state index is 14.0. The van der Waals surface area contributed by atoms with Gasteiger partial charge in [0.15, 0.2) is 5.78 Å². The molecule has 0 saturated heterocycles. The largest absolute Gasteiger partial charge is 0.497 e. The summed E-state index contributed by atoms with van der Waals surface area (Å²) in [6, 6.07) is 13.5. The molecule has 0 saturated carbocycles. The van der Waals surface area contributed by atoms with Crippen LogP contribution in [0.5, 0.6) is 11.5 Å². The number of nitrogens with one attached hydrogen (secondary N) is 1. The van der Waals surface area contributed by atoms with Gasteiger partial charge in [0.25, 0.3) is 0 Å². The van der Waals surface area contributed by atoms with E-state index in [0.717, 1.165) is 12.1 Å². The molecule has 0 fully saturated rings. The Balaban J connectivity index is 1.66. The topological polar surface area (TPSA) is 80.8 Å². The zero-order valence-corrected chi connectivity index (χ0v) is 18.6. The average Bonchev–Trinajstić information content (AvgIpc) is 3.53. The zero-order chi connectivity index (χ0) is 25.2. The number of nitrogens with zero attached hydrogens (tertiary/aromatic N) is 1. The van der Waals surface area contributed by atoms with Crippen LogP contribution in [0.2, 0.25) is 0 Å². The van der Waals surface area contributed by atoms with E-state index in [-0.39, 0.29) is 22.5 Å². The molecule has 0 bridgehead atoms. The average molecular weight is 480 g/mol. The third-order valence-electron chi connectivity index (χ3n) is 5.33. The lowest BCUT2D eigenvalue weighted by molar-refractivity contribution is -0.0695. The van der Waals surface area contributed by atoms with Crippen LogP contribution in [0.4, 0.5) is 13.2 Å². The number of ether oxygens (including phenoxy) is 2. The van der Waals surface area contributed by atoms with Crippen molar-refractivity contribution in [2.45, 2.75) is 6.18 Å². The fraction of sp³-hybridized carbons (Fsp3) is 0.115. The van der Waals surface area contributed by atoms with Crippen LogP contribution in [-0.4, -0.2) is 42.7 Å². The van der Waals surface area contributed by atoms with Crippen LogP contribution in [0.15, 0.2) is 83.6 Å². The van der Waals surface area contributed by atoms with Gasteiger partial charge in [0.2, 0.25) is 5.78 Å². The number of halogens is 3. The number of H-pyrrole nitrogens is 1. The molecule has 2 aromatic carbocycles. The standard InChI is InChI=1S/C26H19F3N2O4/c1-34-18-7-3-15(4-8-18)24(32)17-13-22(30-14-17)23(26(27,28)29)20-11-12-21(31-20)25(33)16-5-9-19(35-2)10-6-16/h3-14,30H,1-2H3/b23-20-. The van der Waals surface area contributed by atoms with Crippen LogP contribution in [0, 0.1) is 0 Å². The first-order valence-electron chi connectivity index (χ1n) is 10.4. The van der Waals surface area contributed by atoms with Crippen molar-refractivity contribution >= 4 is 22.9 Å². The molecule has 2 heterocycles. The van der Waals surface area contributed by atoms with Gasteiger partial charge in [0.1, 0.15) is 22.8 Å². The number of hydrogen-bond acceptors (Lipinski definition) is 5. The number of ketones is 2. The molecule has 0 atom stereocenters. The first-order chi connectivity index (χ1) is 16.7. The Morgan fingerprint density at radius 3 is 1.86 bits per heavy atom. The van der Waals surface area contributed by atoms with Crippen LogP contribution in [0.1, 0.15) is 32.0 Å². The number of alkyl halides is 3. The predicted molar refractivity (Wildman–Crippen MR) is 124 cm³/mol. The van der Waals surface area contributed by atoms with E-state index < -0.39 is 29.0 Å². The number of aromatic amines is 1. The molecule has 35 heavy (non-hydrogen) atoms. The highest BCUT2D eigenvalue weighted by Gasteiger charge is 2.39. The molecule has 6 nitrogen and oxygen atoms in total. The number of Topliss-reactive ketones (excluding diaryl/α,β-unsaturated/α-hetero) is 1. The SMILES string of the molecule is COc1ccc(C(=O)C2=N/C(=C(/c3cc(C(=O)c4ccc(OC)cc4)c[nH]3)C(F)(F)F)C=C2)cc1. The van der Waals surface area contributed by atoms with Crippen molar-refractivity contribution in [2.24, 2.45) is 4.99 Å². The summed E-state index contributed by atoms with van der Waals surface area (Å²) in [6.45, 7) is 0. The van der Waals surface area contributed by atoms with Crippen LogP contribution < -0.4 is 9.47 Å². The minimum atomic E-state index is -4.80. The van der Waals surface area contributed by atoms with Gasteiger partial charge in [-0.15, -0.1) is 0 Å². The predicted octanol–water partition coefficient (Wildman–Crippen LogP) is 5.43. The zero-order valence-electron chi connectivity index (χ0n) is 18.6. The second-order valence-electron chi connectivity index (χ2n) is 7.51. The molecule has 178 valence electrons. The Bertz CT molecular complexity index is 1360. The van der Waals surface area contributed by atoms with Crippen molar-refractivity contribution in [3.63, 3.8) is 0 Å². The van der Waals surface area contributed by atoms with Gasteiger partial charge in [-0.2, -0.15) is 13.2 Å². The van der Waals surface area contributed by atoms with Crippen molar-refractivity contribution < 1.29 is 32.2 Å². The minimum Gasteiger partial charge on any atom is -0.497 e. The van der Waals surface area contributed by atoms with Gasteiger partial charge in [0, 0.05) is 22.9 Å². The molecule has 0 aliphatic carbocycles. The summed E-state index contributed by atoms with van der Waals surface area (Å²) in [7, 11) is 2.96. The van der Waals surface area contributed by atoms with Gasteiger partial charge >= 0.3 is 6.18 Å². The van der Waals surface area contributed by atoms with Gasteiger partial charge in [-0.1, -0.05) is 0 Å². The number of benzene rings is 2. The van der Waals surface area contributed by atoms with Crippen molar-refractivity contribution in [2.75, 3.05) is 14.2 Å². The summed E-state index contributed by atoms with van der Waals surface area (Å²) in [5.74, 6) is 0.105. The van der Waals surface area contributed by atoms with Gasteiger partial charge < -0.3 is 14.5 Å². The number of aliphatic imine (C=N–C) groups is 1. The highest BCUT2D eigenvalue weighted by atomic mass is 19.4. The highest BCUT2D eigenvalue weighted by Crippen LogP contribution is 2.38. The summed E-state index contributed by atoms with van der Waals surface area (Å²) < 4.78 is 52.2. The first kappa shape index (κ1) is 23.7. The van der Waals surface area contributed by atoms with Crippen molar-refractivity contribution in [3.05, 3.63) is 101 Å². The monoisotopic (exact) mass is 480 g/mol. The summed E-state index contributed by atoms with van der Waals surface area (Å²) >= 11 is 0. The third-order valence-corrected chi connectivity index (χ3v) is 5.33. The molecular formula is C26H19F3N2O4. The molecule has 0 radical (unpaired) electrons. The Hall–Kier alpha value is -4.40. The molecule has 0 unspecified atom stereocenters. The van der Waals surface area contributed by atoms with Gasteiger partial charge in [-0.3, -0.25) is 9.59 Å². The number of aromatic nitrogens is 1. The lowest BCUT2D eigenvalue weighted by Crippen LogP contribution is -2.13. The molecule has 1 aliphatic heterocycles. The lowest BCUT2D eigenvalue weighted by Gasteiger charge is -2.11. The van der Waals surface area contributed by atoms with E-state index in [1.165, 1.54) is 50.8 Å². The van der Waals surface area contributed by atoms with Gasteiger partial charge in [-0.05, 0) is 66.7 Å². The van der Waals surface area contributed by atoms with Gasteiger partial charge in [-0.25, -0.2) is 4.99 Å². The fourth-order valence-electron chi connectivity index (χ4n) is 3.53. The van der Waals surface area contributed by atoms with Crippen LogP contribution in [0.3, 0.4) is 0 Å². The van der Waals surface area contributed by atoms with E-state index in [4.69, 9.17) is 9.47 Å². The number of allylic oxidation sites excluding steroid dienone is 3. The van der Waals surface area contributed by atoms with E-state index in [0.29, 0.717) is 17.1 Å². The number of rotatable bonds is 7. The van der Waals surface area contributed by atoms with Crippen molar-refractivity contribution in [1.29, 1.82) is 0 Å². The van der Waals surface area contributed by atoms with E-state index in [9.17, 15) is 22.8 Å². The lowest BCUT2D eigenvalue weighted by atomic mass is 10.0. The number of carbonyl (C=O) groups excluding carboxylic acids is 2. The molecule has 4 rings (SSSR count). The minimum absolute atomic E-state index is 0.0491. The van der Waals surface area contributed by atoms with Crippen molar-refractivity contribution in [3.8, 4) is 11.5 Å². The van der Waals surface area contributed by atoms with Crippen LogP contribution >= 0.6 is 0 Å². The normalized spacial score (nSPS) is 14.5. The van der Waals surface area contributed by atoms with Gasteiger partial charge in [0.05, 0.1) is 25.6 Å².